The summed E-state index contributed by atoms with van der Waals surface area (Å²) in [6.07, 6.45) is 0. The molecule has 0 aliphatic heterocycles. The van der Waals surface area contributed by atoms with Gasteiger partial charge in [-0.05, 0) is 0 Å². The average Bonchev–Trinajstić information content (AvgIpc) is 2.48. The summed E-state index contributed by atoms with van der Waals surface area (Å²) in [4.78, 5) is 3.14. The number of nitrogens with zero attached hydrogens (tertiary/aromatic N) is 2. The first-order valence-electron chi connectivity index (χ1n) is 6.12. The molecule has 0 saturated heterocycles. The fourth-order valence-corrected chi connectivity index (χ4v) is 1.62. The summed E-state index contributed by atoms with van der Waals surface area (Å²) < 4.78 is 0. The lowest BCUT2D eigenvalue weighted by atomic mass is 10.3. The topological polar surface area (TPSA) is 87.4 Å². The van der Waals surface area contributed by atoms with Crippen molar-refractivity contribution in [2.75, 3.05) is 39.5 Å². The fourth-order valence-electron chi connectivity index (χ4n) is 1.62. The Hall–Kier alpha value is -1.60. The maximum atomic E-state index is 9.13. The fraction of sp³-hybridized carbons (Fsp3) is 0.429. The van der Waals surface area contributed by atoms with E-state index in [4.69, 9.17) is 20.4 Å². The molecule has 0 unspecified atom stereocenters. The molecule has 0 aromatic carbocycles. The molecule has 0 fully saturated rings. The van der Waals surface area contributed by atoms with Crippen LogP contribution in [0.1, 0.15) is 0 Å². The summed E-state index contributed by atoms with van der Waals surface area (Å²) in [7, 11) is 0. The molecule has 0 radical (unpaired) electrons. The van der Waals surface area contributed by atoms with Crippen LogP contribution < -0.4 is 0 Å². The van der Waals surface area contributed by atoms with Crippen molar-refractivity contribution in [1.29, 1.82) is 0 Å². The summed E-state index contributed by atoms with van der Waals surface area (Å²) >= 11 is 0. The van der Waals surface area contributed by atoms with E-state index in [1.54, 1.807) is 9.80 Å². The second kappa shape index (κ2) is 9.33. The van der Waals surface area contributed by atoms with Crippen LogP contribution in [0.25, 0.3) is 0 Å². The number of hydrogen-bond acceptors (Lipinski definition) is 6. The van der Waals surface area contributed by atoms with Crippen molar-refractivity contribution in [3.8, 4) is 0 Å². The second-order valence-corrected chi connectivity index (χ2v) is 4.20. The first-order chi connectivity index (χ1) is 9.42. The quantitative estimate of drug-likeness (QED) is 0.413. The van der Waals surface area contributed by atoms with Gasteiger partial charge >= 0.3 is 0 Å². The third-order valence-corrected chi connectivity index (χ3v) is 2.80. The van der Waals surface area contributed by atoms with Gasteiger partial charge in [0.05, 0.1) is 26.4 Å². The Balaban J connectivity index is 4.86. The zero-order valence-electron chi connectivity index (χ0n) is 11.8. The summed E-state index contributed by atoms with van der Waals surface area (Å²) in [5.41, 5.74) is 1.59. The Morgan fingerprint density at radius 3 is 0.900 bits per heavy atom. The molecule has 0 spiro atoms. The molecule has 0 aromatic heterocycles. The molecule has 0 bridgehead atoms. The van der Waals surface area contributed by atoms with Gasteiger partial charge in [-0.15, -0.1) is 0 Å². The summed E-state index contributed by atoms with van der Waals surface area (Å²) in [6, 6.07) is 0. The van der Waals surface area contributed by atoms with Crippen LogP contribution in [-0.4, -0.2) is 69.7 Å². The van der Waals surface area contributed by atoms with Gasteiger partial charge in [-0.25, -0.2) is 0 Å². The van der Waals surface area contributed by atoms with Crippen LogP contribution in [0.4, 0.5) is 0 Å². The van der Waals surface area contributed by atoms with Crippen molar-refractivity contribution < 1.29 is 20.4 Å². The molecule has 114 valence electrons. The van der Waals surface area contributed by atoms with Gasteiger partial charge < -0.3 is 30.2 Å². The number of aliphatic hydroxyl groups excluding tert-OH is 4. The molecule has 0 amide bonds. The minimum absolute atomic E-state index is 0.263. The van der Waals surface area contributed by atoms with Crippen LogP contribution in [0.5, 0.6) is 0 Å². The highest BCUT2D eigenvalue weighted by Crippen LogP contribution is 2.13. The first-order valence-corrected chi connectivity index (χ1v) is 6.12. The summed E-state index contributed by atoms with van der Waals surface area (Å²) in [5, 5.41) is 36.5. The Morgan fingerprint density at radius 1 is 0.550 bits per heavy atom. The molecule has 0 rings (SSSR count). The van der Waals surface area contributed by atoms with E-state index in [0.717, 1.165) is 0 Å². The lowest BCUT2D eigenvalue weighted by Crippen LogP contribution is -2.35. The van der Waals surface area contributed by atoms with Gasteiger partial charge in [-0.3, -0.25) is 0 Å². The minimum Gasteiger partial charge on any atom is -0.390 e. The molecule has 0 aliphatic rings. The van der Waals surface area contributed by atoms with Gasteiger partial charge in [0.2, 0.25) is 0 Å². The van der Waals surface area contributed by atoms with Crippen LogP contribution in [0.15, 0.2) is 49.1 Å². The van der Waals surface area contributed by atoms with E-state index in [0.29, 0.717) is 35.9 Å². The Bertz CT molecular complexity index is 311. The lowest BCUT2D eigenvalue weighted by Gasteiger charge is -2.32. The maximum absolute atomic E-state index is 9.13. The minimum atomic E-state index is -0.263. The molecular formula is C14H24N2O4. The van der Waals surface area contributed by atoms with Gasteiger partial charge in [-0.2, -0.15) is 0 Å². The third-order valence-electron chi connectivity index (χ3n) is 2.80. The molecule has 20 heavy (non-hydrogen) atoms. The number of hydrogen-bond donors (Lipinski definition) is 4. The third kappa shape index (κ3) is 5.18. The van der Waals surface area contributed by atoms with Crippen molar-refractivity contribution in [3.05, 3.63) is 49.1 Å². The standard InChI is InChI=1S/C14H24N2O4/c1-11(7-17)15(12(2)8-18)5-6-16(13(3)9-19)14(4)10-20/h17-20H,1-10H2. The predicted molar refractivity (Wildman–Crippen MR) is 78.3 cm³/mol. The van der Waals surface area contributed by atoms with Gasteiger partial charge in [-0.1, -0.05) is 26.3 Å². The van der Waals surface area contributed by atoms with Crippen LogP contribution >= 0.6 is 0 Å². The Labute approximate surface area is 119 Å². The zero-order valence-corrected chi connectivity index (χ0v) is 11.8. The molecule has 0 atom stereocenters. The second-order valence-electron chi connectivity index (χ2n) is 4.20. The normalized spacial score (nSPS) is 10.0. The largest absolute Gasteiger partial charge is 0.390 e. The molecule has 6 nitrogen and oxygen atoms in total. The van der Waals surface area contributed by atoms with E-state index < -0.39 is 0 Å². The molecule has 0 saturated carbocycles. The van der Waals surface area contributed by atoms with Crippen molar-refractivity contribution in [1.82, 2.24) is 9.80 Å². The van der Waals surface area contributed by atoms with Crippen LogP contribution in [0.3, 0.4) is 0 Å². The van der Waals surface area contributed by atoms with Crippen LogP contribution in [0, 0.1) is 0 Å². The van der Waals surface area contributed by atoms with E-state index >= 15 is 0 Å². The van der Waals surface area contributed by atoms with Gasteiger partial charge in [0, 0.05) is 35.9 Å². The average molecular weight is 284 g/mol. The Kier molecular flexibility index (Phi) is 8.58. The zero-order chi connectivity index (χ0) is 15.7. The van der Waals surface area contributed by atoms with Crippen molar-refractivity contribution in [3.63, 3.8) is 0 Å². The van der Waals surface area contributed by atoms with Crippen LogP contribution in [-0.2, 0) is 0 Å². The van der Waals surface area contributed by atoms with Gasteiger partial charge in [0.15, 0.2) is 0 Å². The summed E-state index contributed by atoms with van der Waals surface area (Å²) in [5.74, 6) is 0. The number of rotatable bonds is 11. The van der Waals surface area contributed by atoms with Crippen molar-refractivity contribution in [2.45, 2.75) is 0 Å². The Morgan fingerprint density at radius 2 is 0.750 bits per heavy atom. The highest BCUT2D eigenvalue weighted by atomic mass is 16.3. The molecule has 4 N–H and O–H groups in total. The lowest BCUT2D eigenvalue weighted by molar-refractivity contribution is 0.213. The smallest absolute Gasteiger partial charge is 0.0826 e. The maximum Gasteiger partial charge on any atom is 0.0826 e. The van der Waals surface area contributed by atoms with E-state index in [-0.39, 0.29) is 26.4 Å². The van der Waals surface area contributed by atoms with Gasteiger partial charge in [0.25, 0.3) is 0 Å². The van der Waals surface area contributed by atoms with E-state index in [1.165, 1.54) is 0 Å². The molecular weight excluding hydrogens is 260 g/mol. The molecule has 6 heteroatoms. The van der Waals surface area contributed by atoms with Gasteiger partial charge in [0.1, 0.15) is 0 Å². The van der Waals surface area contributed by atoms with Crippen LogP contribution in [0.2, 0.25) is 0 Å². The molecule has 0 aliphatic carbocycles. The van der Waals surface area contributed by atoms with E-state index in [2.05, 4.69) is 26.3 Å². The van der Waals surface area contributed by atoms with E-state index in [1.807, 2.05) is 0 Å². The summed E-state index contributed by atoms with van der Waals surface area (Å²) in [6.45, 7) is 14.4. The van der Waals surface area contributed by atoms with Crippen molar-refractivity contribution >= 4 is 0 Å². The highest BCUT2D eigenvalue weighted by molar-refractivity contribution is 5.11. The van der Waals surface area contributed by atoms with E-state index in [9.17, 15) is 0 Å². The highest BCUT2D eigenvalue weighted by Gasteiger charge is 2.15. The first kappa shape index (κ1) is 18.4. The molecule has 0 heterocycles. The van der Waals surface area contributed by atoms with Crippen molar-refractivity contribution in [2.24, 2.45) is 0 Å². The number of aliphatic hydroxyl groups is 4. The molecule has 0 aromatic rings. The monoisotopic (exact) mass is 284 g/mol. The predicted octanol–water partition coefficient (Wildman–Crippen LogP) is -0.386. The SMILES string of the molecule is C=C(CO)N(CCN(C(=C)CO)C(=C)CO)C(=C)CO.